The molecule has 0 unspecified atom stereocenters. The van der Waals surface area contributed by atoms with Gasteiger partial charge in [-0.3, -0.25) is 4.79 Å². The van der Waals surface area contributed by atoms with E-state index in [1.807, 2.05) is 6.07 Å². The summed E-state index contributed by atoms with van der Waals surface area (Å²) >= 11 is 0. The number of nitrogens with zero attached hydrogens (tertiary/aromatic N) is 1. The molecule has 0 bridgehead atoms. The van der Waals surface area contributed by atoms with E-state index >= 15 is 0 Å². The highest BCUT2D eigenvalue weighted by molar-refractivity contribution is 5.77. The van der Waals surface area contributed by atoms with Gasteiger partial charge >= 0.3 is 0 Å². The zero-order valence-electron chi connectivity index (χ0n) is 11.7. The average molecular weight is 287 g/mol. The minimum absolute atomic E-state index is 0.0855. The molecule has 3 N–H and O–H groups in total. The van der Waals surface area contributed by atoms with Crippen LogP contribution in [0.1, 0.15) is 5.56 Å². The molecule has 1 aromatic carbocycles. The molecule has 1 amide bonds. The predicted molar refractivity (Wildman–Crippen MR) is 79.0 cm³/mol. The SMILES string of the molecule is COc1ccc(CNC(=O)COc2ccccc2N)cn1. The highest BCUT2D eigenvalue weighted by atomic mass is 16.5. The van der Waals surface area contributed by atoms with Crippen molar-refractivity contribution in [3.8, 4) is 11.6 Å². The van der Waals surface area contributed by atoms with Crippen molar-refractivity contribution in [2.75, 3.05) is 19.5 Å². The van der Waals surface area contributed by atoms with Crippen LogP contribution in [-0.4, -0.2) is 24.6 Å². The number of carbonyl (C=O) groups is 1. The molecule has 0 atom stereocenters. The predicted octanol–water partition coefficient (Wildman–Crippen LogP) is 1.37. The van der Waals surface area contributed by atoms with E-state index in [2.05, 4.69) is 10.3 Å². The lowest BCUT2D eigenvalue weighted by atomic mass is 10.3. The number of carbonyl (C=O) groups excluding carboxylic acids is 1. The molecular weight excluding hydrogens is 270 g/mol. The first-order valence-electron chi connectivity index (χ1n) is 6.42. The van der Waals surface area contributed by atoms with Gasteiger partial charge in [-0.25, -0.2) is 4.98 Å². The lowest BCUT2D eigenvalue weighted by Gasteiger charge is -2.09. The molecule has 6 nitrogen and oxygen atoms in total. The molecule has 21 heavy (non-hydrogen) atoms. The topological polar surface area (TPSA) is 86.5 Å². The maximum absolute atomic E-state index is 11.7. The van der Waals surface area contributed by atoms with Gasteiger partial charge in [-0.15, -0.1) is 0 Å². The summed E-state index contributed by atoms with van der Waals surface area (Å²) in [5.74, 6) is 0.806. The van der Waals surface area contributed by atoms with Crippen LogP contribution < -0.4 is 20.5 Å². The van der Waals surface area contributed by atoms with Gasteiger partial charge in [0.2, 0.25) is 5.88 Å². The minimum atomic E-state index is -0.228. The summed E-state index contributed by atoms with van der Waals surface area (Å²) in [6.07, 6.45) is 1.65. The van der Waals surface area contributed by atoms with Gasteiger partial charge in [0.25, 0.3) is 5.91 Å². The van der Waals surface area contributed by atoms with E-state index in [1.54, 1.807) is 43.6 Å². The van der Waals surface area contributed by atoms with Crippen LogP contribution >= 0.6 is 0 Å². The number of para-hydroxylation sites is 2. The second-order valence-electron chi connectivity index (χ2n) is 4.31. The number of nitrogens with one attached hydrogen (secondary N) is 1. The molecule has 110 valence electrons. The third kappa shape index (κ3) is 4.38. The van der Waals surface area contributed by atoms with Gasteiger partial charge in [0.05, 0.1) is 12.8 Å². The van der Waals surface area contributed by atoms with Crippen molar-refractivity contribution in [2.45, 2.75) is 6.54 Å². The molecule has 0 aliphatic rings. The zero-order chi connectivity index (χ0) is 15.1. The number of pyridine rings is 1. The monoisotopic (exact) mass is 287 g/mol. The van der Waals surface area contributed by atoms with E-state index in [4.69, 9.17) is 15.2 Å². The van der Waals surface area contributed by atoms with Crippen LogP contribution in [0.5, 0.6) is 11.6 Å². The molecule has 0 aliphatic carbocycles. The Morgan fingerprint density at radius 3 is 2.76 bits per heavy atom. The Morgan fingerprint density at radius 1 is 1.29 bits per heavy atom. The number of ether oxygens (including phenoxy) is 2. The molecule has 0 aliphatic heterocycles. The Kier molecular flexibility index (Phi) is 4.98. The third-order valence-corrected chi connectivity index (χ3v) is 2.77. The summed E-state index contributed by atoms with van der Waals surface area (Å²) in [5.41, 5.74) is 7.10. The van der Waals surface area contributed by atoms with Crippen molar-refractivity contribution in [1.29, 1.82) is 0 Å². The van der Waals surface area contributed by atoms with E-state index in [-0.39, 0.29) is 12.5 Å². The van der Waals surface area contributed by atoms with Gasteiger partial charge in [0.1, 0.15) is 5.75 Å². The largest absolute Gasteiger partial charge is 0.482 e. The lowest BCUT2D eigenvalue weighted by molar-refractivity contribution is -0.123. The molecule has 0 spiro atoms. The number of aromatic nitrogens is 1. The van der Waals surface area contributed by atoms with E-state index in [0.717, 1.165) is 5.56 Å². The Balaban J connectivity index is 1.78. The van der Waals surface area contributed by atoms with E-state index in [0.29, 0.717) is 23.9 Å². The van der Waals surface area contributed by atoms with Crippen LogP contribution in [0.4, 0.5) is 5.69 Å². The molecule has 0 fully saturated rings. The van der Waals surface area contributed by atoms with E-state index in [1.165, 1.54) is 0 Å². The average Bonchev–Trinajstić information content (AvgIpc) is 2.52. The summed E-state index contributed by atoms with van der Waals surface area (Å²) in [4.78, 5) is 15.8. The molecule has 0 radical (unpaired) electrons. The van der Waals surface area contributed by atoms with Crippen molar-refractivity contribution in [3.63, 3.8) is 0 Å². The standard InChI is InChI=1S/C15H17N3O3/c1-20-15-7-6-11(9-18-15)8-17-14(19)10-21-13-5-3-2-4-12(13)16/h2-7,9H,8,10,16H2,1H3,(H,17,19). The number of amides is 1. The van der Waals surface area contributed by atoms with Gasteiger partial charge in [0.15, 0.2) is 6.61 Å². The third-order valence-electron chi connectivity index (χ3n) is 2.77. The number of benzene rings is 1. The lowest BCUT2D eigenvalue weighted by Crippen LogP contribution is -2.28. The molecule has 2 aromatic rings. The number of hydrogen-bond acceptors (Lipinski definition) is 5. The smallest absolute Gasteiger partial charge is 0.258 e. The second kappa shape index (κ2) is 7.14. The van der Waals surface area contributed by atoms with Crippen LogP contribution in [0.2, 0.25) is 0 Å². The molecule has 0 saturated carbocycles. The first-order chi connectivity index (χ1) is 10.2. The Bertz CT molecular complexity index is 599. The molecule has 1 heterocycles. The van der Waals surface area contributed by atoms with Gasteiger partial charge < -0.3 is 20.5 Å². The Labute approximate surface area is 122 Å². The normalized spacial score (nSPS) is 9.95. The fourth-order valence-corrected chi connectivity index (χ4v) is 1.64. The number of hydrogen-bond donors (Lipinski definition) is 2. The molecule has 6 heteroatoms. The van der Waals surface area contributed by atoms with E-state index < -0.39 is 0 Å². The second-order valence-corrected chi connectivity index (χ2v) is 4.31. The quantitative estimate of drug-likeness (QED) is 0.784. The highest BCUT2D eigenvalue weighted by Gasteiger charge is 2.05. The summed E-state index contributed by atoms with van der Waals surface area (Å²) in [7, 11) is 1.55. The van der Waals surface area contributed by atoms with Crippen molar-refractivity contribution in [2.24, 2.45) is 0 Å². The Hall–Kier alpha value is -2.76. The van der Waals surface area contributed by atoms with Gasteiger partial charge in [-0.2, -0.15) is 0 Å². The summed E-state index contributed by atoms with van der Waals surface area (Å²) in [5, 5.41) is 2.74. The minimum Gasteiger partial charge on any atom is -0.482 e. The van der Waals surface area contributed by atoms with Crippen LogP contribution in [0.15, 0.2) is 42.6 Å². The number of anilines is 1. The van der Waals surface area contributed by atoms with Crippen LogP contribution in [0.3, 0.4) is 0 Å². The summed E-state index contributed by atoms with van der Waals surface area (Å²) < 4.78 is 10.3. The summed E-state index contributed by atoms with van der Waals surface area (Å²) in [6, 6.07) is 10.6. The summed E-state index contributed by atoms with van der Waals surface area (Å²) in [6.45, 7) is 0.293. The van der Waals surface area contributed by atoms with Gasteiger partial charge in [0, 0.05) is 18.8 Å². The van der Waals surface area contributed by atoms with Gasteiger partial charge in [-0.05, 0) is 17.7 Å². The molecule has 0 saturated heterocycles. The number of rotatable bonds is 6. The fourth-order valence-electron chi connectivity index (χ4n) is 1.64. The number of nitrogens with two attached hydrogens (primary N) is 1. The van der Waals surface area contributed by atoms with Crippen molar-refractivity contribution >= 4 is 11.6 Å². The maximum Gasteiger partial charge on any atom is 0.258 e. The molecule has 1 aromatic heterocycles. The van der Waals surface area contributed by atoms with Crippen molar-refractivity contribution in [1.82, 2.24) is 10.3 Å². The van der Waals surface area contributed by atoms with Crippen molar-refractivity contribution < 1.29 is 14.3 Å². The van der Waals surface area contributed by atoms with Crippen LogP contribution in [-0.2, 0) is 11.3 Å². The van der Waals surface area contributed by atoms with Crippen LogP contribution in [0.25, 0.3) is 0 Å². The van der Waals surface area contributed by atoms with E-state index in [9.17, 15) is 4.79 Å². The highest BCUT2D eigenvalue weighted by Crippen LogP contribution is 2.19. The maximum atomic E-state index is 11.7. The molecule has 2 rings (SSSR count). The van der Waals surface area contributed by atoms with Crippen molar-refractivity contribution in [3.05, 3.63) is 48.2 Å². The number of nitrogen functional groups attached to an aromatic ring is 1. The van der Waals surface area contributed by atoms with Gasteiger partial charge in [-0.1, -0.05) is 18.2 Å². The fraction of sp³-hybridized carbons (Fsp3) is 0.200. The first-order valence-corrected chi connectivity index (χ1v) is 6.42. The Morgan fingerprint density at radius 2 is 2.10 bits per heavy atom. The molecular formula is C15H17N3O3. The number of methoxy groups -OCH3 is 1. The first kappa shape index (κ1) is 14.6. The van der Waals surface area contributed by atoms with Crippen LogP contribution in [0, 0.1) is 0 Å². The zero-order valence-corrected chi connectivity index (χ0v) is 11.7.